The summed E-state index contributed by atoms with van der Waals surface area (Å²) in [4.78, 5) is 4.37. The molecular weight excluding hydrogens is 367 g/mol. The Hall–Kier alpha value is -0.830. The molecule has 0 aliphatic carbocycles. The first kappa shape index (κ1) is 15.6. The van der Waals surface area contributed by atoms with Crippen molar-refractivity contribution in [3.63, 3.8) is 0 Å². The van der Waals surface area contributed by atoms with Crippen LogP contribution in [-0.4, -0.2) is 24.6 Å². The van der Waals surface area contributed by atoms with E-state index >= 15 is 0 Å². The van der Waals surface area contributed by atoms with Crippen LogP contribution in [0, 0.1) is 5.82 Å². The molecular formula is C12H12BrFN2O2S2. The smallest absolute Gasteiger partial charge is 0.221 e. The number of hydrogen-bond acceptors (Lipinski definition) is 4. The predicted octanol–water partition coefficient (Wildman–Crippen LogP) is 2.76. The Kier molecular flexibility index (Phi) is 5.25. The molecule has 0 aliphatic rings. The van der Waals surface area contributed by atoms with Crippen LogP contribution in [0.1, 0.15) is 5.69 Å². The molecule has 20 heavy (non-hydrogen) atoms. The fourth-order valence-electron chi connectivity index (χ4n) is 1.55. The summed E-state index contributed by atoms with van der Waals surface area (Å²) < 4.78 is 37.9. The first-order valence-corrected chi connectivity index (χ1v) is 9.39. The van der Waals surface area contributed by atoms with E-state index in [0.717, 1.165) is 16.3 Å². The van der Waals surface area contributed by atoms with Crippen LogP contribution in [0.5, 0.6) is 0 Å². The highest BCUT2D eigenvalue weighted by Gasteiger charge is 2.09. The van der Waals surface area contributed by atoms with E-state index in [0.29, 0.717) is 13.0 Å². The second-order valence-corrected chi connectivity index (χ2v) is 7.99. The number of hydrogen-bond donors (Lipinski definition) is 1. The Morgan fingerprint density at radius 1 is 1.40 bits per heavy atom. The van der Waals surface area contributed by atoms with Crippen molar-refractivity contribution < 1.29 is 12.8 Å². The van der Waals surface area contributed by atoms with Crippen molar-refractivity contribution in [1.82, 2.24) is 9.71 Å². The van der Waals surface area contributed by atoms with Gasteiger partial charge in [-0.05, 0) is 12.1 Å². The van der Waals surface area contributed by atoms with Crippen LogP contribution in [-0.2, 0) is 16.4 Å². The number of nitrogens with zero attached hydrogens (tertiary/aromatic N) is 1. The number of sulfonamides is 1. The minimum absolute atomic E-state index is 0.119. The number of rotatable bonds is 6. The summed E-state index contributed by atoms with van der Waals surface area (Å²) in [6.07, 6.45) is 0.498. The normalized spacial score (nSPS) is 11.7. The van der Waals surface area contributed by atoms with E-state index in [1.165, 1.54) is 23.5 Å². The standard InChI is InChI=1S/C12H12BrFN2O2S2/c13-8-20(17,18)15-5-4-11-7-19-12(16-11)9-2-1-3-10(14)6-9/h1-3,6-7,15H,4-5,8H2. The van der Waals surface area contributed by atoms with Crippen LogP contribution < -0.4 is 4.72 Å². The van der Waals surface area contributed by atoms with Crippen LogP contribution in [0.3, 0.4) is 0 Å². The van der Waals surface area contributed by atoms with Crippen LogP contribution in [0.4, 0.5) is 4.39 Å². The van der Waals surface area contributed by atoms with E-state index in [-0.39, 0.29) is 10.5 Å². The maximum atomic E-state index is 13.1. The van der Waals surface area contributed by atoms with Gasteiger partial charge in [0.05, 0.1) is 5.69 Å². The number of halogens is 2. The van der Waals surface area contributed by atoms with E-state index in [2.05, 4.69) is 25.6 Å². The van der Waals surface area contributed by atoms with Gasteiger partial charge in [0.15, 0.2) is 0 Å². The first-order valence-electron chi connectivity index (χ1n) is 5.74. The van der Waals surface area contributed by atoms with Gasteiger partial charge in [-0.15, -0.1) is 11.3 Å². The first-order chi connectivity index (χ1) is 9.50. The molecule has 1 aromatic carbocycles. The molecule has 0 saturated carbocycles. The molecule has 2 rings (SSSR count). The third kappa shape index (κ3) is 4.34. The van der Waals surface area contributed by atoms with Gasteiger partial charge in [-0.3, -0.25) is 0 Å². The third-order valence-electron chi connectivity index (χ3n) is 2.47. The highest BCUT2D eigenvalue weighted by Crippen LogP contribution is 2.24. The highest BCUT2D eigenvalue weighted by atomic mass is 79.9. The monoisotopic (exact) mass is 378 g/mol. The van der Waals surface area contributed by atoms with Crippen LogP contribution in [0.15, 0.2) is 29.6 Å². The molecule has 0 aliphatic heterocycles. The Morgan fingerprint density at radius 2 is 2.20 bits per heavy atom. The summed E-state index contributed by atoms with van der Waals surface area (Å²) in [5.74, 6) is -0.302. The SMILES string of the molecule is O=S(=O)(CBr)NCCc1csc(-c2cccc(F)c2)n1. The van der Waals surface area contributed by atoms with Gasteiger partial charge in [-0.25, -0.2) is 22.5 Å². The molecule has 4 nitrogen and oxygen atoms in total. The largest absolute Gasteiger partial charge is 0.241 e. The average Bonchev–Trinajstić information content (AvgIpc) is 2.87. The summed E-state index contributed by atoms with van der Waals surface area (Å²) in [6, 6.07) is 6.23. The van der Waals surface area contributed by atoms with Crippen molar-refractivity contribution in [2.24, 2.45) is 0 Å². The van der Waals surface area contributed by atoms with Crippen LogP contribution in [0.2, 0.25) is 0 Å². The van der Waals surface area contributed by atoms with Gasteiger partial charge in [-0.1, -0.05) is 28.1 Å². The Bertz CT molecular complexity index is 688. The van der Waals surface area contributed by atoms with E-state index in [4.69, 9.17) is 0 Å². The third-order valence-corrected chi connectivity index (χ3v) is 6.15. The Balaban J connectivity index is 1.99. The van der Waals surface area contributed by atoms with E-state index in [9.17, 15) is 12.8 Å². The zero-order chi connectivity index (χ0) is 14.6. The summed E-state index contributed by atoms with van der Waals surface area (Å²) in [5, 5.41) is 2.57. The highest BCUT2D eigenvalue weighted by molar-refractivity contribution is 9.10. The topological polar surface area (TPSA) is 59.1 Å². The lowest BCUT2D eigenvalue weighted by molar-refractivity contribution is 0.586. The molecule has 0 atom stereocenters. The van der Waals surface area contributed by atoms with Crippen molar-refractivity contribution in [2.45, 2.75) is 6.42 Å². The minimum atomic E-state index is -3.25. The quantitative estimate of drug-likeness (QED) is 0.786. The number of nitrogens with one attached hydrogen (secondary N) is 1. The van der Waals surface area contributed by atoms with E-state index in [1.807, 2.05) is 5.38 Å². The maximum absolute atomic E-state index is 13.1. The van der Waals surface area contributed by atoms with Crippen molar-refractivity contribution in [3.05, 3.63) is 41.2 Å². The number of thiazole rings is 1. The zero-order valence-corrected chi connectivity index (χ0v) is 13.6. The second-order valence-electron chi connectivity index (χ2n) is 4.02. The Morgan fingerprint density at radius 3 is 2.90 bits per heavy atom. The molecule has 1 N–H and O–H groups in total. The molecule has 1 aromatic heterocycles. The Labute approximate surface area is 129 Å². The minimum Gasteiger partial charge on any atom is -0.241 e. The lowest BCUT2D eigenvalue weighted by Crippen LogP contribution is -2.26. The van der Waals surface area contributed by atoms with Gasteiger partial charge in [0, 0.05) is 23.9 Å². The van der Waals surface area contributed by atoms with Crippen LogP contribution in [0.25, 0.3) is 10.6 Å². The van der Waals surface area contributed by atoms with Gasteiger partial charge in [-0.2, -0.15) is 0 Å². The second kappa shape index (κ2) is 6.75. The molecule has 8 heteroatoms. The average molecular weight is 379 g/mol. The molecule has 0 radical (unpaired) electrons. The molecule has 0 spiro atoms. The molecule has 108 valence electrons. The molecule has 0 bridgehead atoms. The summed E-state index contributed by atoms with van der Waals surface area (Å²) in [5.41, 5.74) is 1.51. The fraction of sp³-hybridized carbons (Fsp3) is 0.250. The molecule has 0 amide bonds. The predicted molar refractivity (Wildman–Crippen MR) is 81.9 cm³/mol. The van der Waals surface area contributed by atoms with Crippen molar-refractivity contribution in [1.29, 1.82) is 0 Å². The summed E-state index contributed by atoms with van der Waals surface area (Å²) >= 11 is 4.31. The molecule has 0 fully saturated rings. The van der Waals surface area contributed by atoms with Crippen molar-refractivity contribution >= 4 is 37.3 Å². The fourth-order valence-corrected chi connectivity index (χ4v) is 3.38. The zero-order valence-electron chi connectivity index (χ0n) is 10.3. The van der Waals surface area contributed by atoms with Gasteiger partial charge in [0.2, 0.25) is 10.0 Å². The lowest BCUT2D eigenvalue weighted by Gasteiger charge is -2.01. The molecule has 1 heterocycles. The van der Waals surface area contributed by atoms with E-state index < -0.39 is 10.0 Å². The lowest BCUT2D eigenvalue weighted by atomic mass is 10.2. The van der Waals surface area contributed by atoms with Gasteiger partial charge >= 0.3 is 0 Å². The summed E-state index contributed by atoms with van der Waals surface area (Å²) in [7, 11) is -3.25. The number of aromatic nitrogens is 1. The molecule has 0 saturated heterocycles. The molecule has 2 aromatic rings. The van der Waals surface area contributed by atoms with E-state index in [1.54, 1.807) is 12.1 Å². The van der Waals surface area contributed by atoms with Crippen molar-refractivity contribution in [3.8, 4) is 10.6 Å². The maximum Gasteiger partial charge on any atom is 0.221 e. The van der Waals surface area contributed by atoms with Gasteiger partial charge in [0.25, 0.3) is 0 Å². The number of benzene rings is 1. The summed E-state index contributed by atoms with van der Waals surface area (Å²) in [6.45, 7) is 0.292. The van der Waals surface area contributed by atoms with Crippen molar-refractivity contribution in [2.75, 3.05) is 11.2 Å². The van der Waals surface area contributed by atoms with Gasteiger partial charge < -0.3 is 0 Å². The van der Waals surface area contributed by atoms with Gasteiger partial charge in [0.1, 0.15) is 15.5 Å². The molecule has 0 unspecified atom stereocenters. The van der Waals surface area contributed by atoms with Crippen LogP contribution >= 0.6 is 27.3 Å². The number of alkyl halides is 1.